The number of halogens is 4. The monoisotopic (exact) mass is 495 g/mol. The topological polar surface area (TPSA) is 76.2 Å². The van der Waals surface area contributed by atoms with Crippen LogP contribution in [-0.4, -0.2) is 29.4 Å². The normalized spacial score (nSPS) is 15.2. The number of hydrogen-bond donors (Lipinski definition) is 2. The zero-order valence-corrected chi connectivity index (χ0v) is 19.9. The number of fused-ring (bicyclic) bond motifs is 1. The van der Waals surface area contributed by atoms with Gasteiger partial charge in [0.25, 0.3) is 0 Å². The summed E-state index contributed by atoms with van der Waals surface area (Å²) in [7, 11) is 1.21. The molecule has 35 heavy (non-hydrogen) atoms. The Bertz CT molecular complexity index is 1130. The maximum absolute atomic E-state index is 14.0. The van der Waals surface area contributed by atoms with Gasteiger partial charge in [-0.2, -0.15) is 0 Å². The number of anilines is 2. The number of methoxy groups -OCH3 is 1. The minimum absolute atomic E-state index is 0.151. The van der Waals surface area contributed by atoms with Crippen LogP contribution in [0, 0.1) is 11.2 Å². The highest BCUT2D eigenvalue weighted by Gasteiger charge is 2.31. The number of alkyl halides is 3. The zero-order chi connectivity index (χ0) is 25.6. The maximum Gasteiger partial charge on any atom is 0.573 e. The molecule has 2 N–H and O–H groups in total. The number of benzene rings is 2. The molecule has 10 heteroatoms. The van der Waals surface area contributed by atoms with Crippen molar-refractivity contribution in [1.82, 2.24) is 9.97 Å². The minimum atomic E-state index is -4.76. The van der Waals surface area contributed by atoms with Gasteiger partial charge in [-0.05, 0) is 48.6 Å². The molecule has 1 heterocycles. The summed E-state index contributed by atoms with van der Waals surface area (Å²) in [4.78, 5) is 18.4. The number of imidazole rings is 1. The zero-order valence-electron chi connectivity index (χ0n) is 19.9. The van der Waals surface area contributed by atoms with E-state index in [2.05, 4.69) is 38.6 Å². The van der Waals surface area contributed by atoms with Gasteiger partial charge in [0.2, 0.25) is 5.95 Å². The molecule has 0 radical (unpaired) electrons. The number of hydrogen-bond acceptors (Lipinski definition) is 5. The molecule has 0 saturated heterocycles. The summed E-state index contributed by atoms with van der Waals surface area (Å²) < 4.78 is 58.8. The first-order chi connectivity index (χ1) is 16.4. The largest absolute Gasteiger partial charge is 0.573 e. The Balaban J connectivity index is 0.000000363. The molecule has 1 aliphatic rings. The number of ether oxygens (including phenoxy) is 2. The van der Waals surface area contributed by atoms with Crippen LogP contribution in [0.25, 0.3) is 11.0 Å². The highest BCUT2D eigenvalue weighted by atomic mass is 19.4. The molecule has 4 rings (SSSR count). The van der Waals surface area contributed by atoms with Gasteiger partial charge in [-0.25, -0.2) is 9.37 Å². The summed E-state index contributed by atoms with van der Waals surface area (Å²) in [5.74, 6) is -1.27. The van der Waals surface area contributed by atoms with Crippen LogP contribution in [0.1, 0.15) is 51.5 Å². The van der Waals surface area contributed by atoms with Crippen LogP contribution < -0.4 is 10.1 Å². The highest BCUT2D eigenvalue weighted by Crippen LogP contribution is 2.34. The third-order valence-corrected chi connectivity index (χ3v) is 5.77. The first kappa shape index (κ1) is 26.3. The number of esters is 1. The Hall–Kier alpha value is -3.30. The van der Waals surface area contributed by atoms with Crippen molar-refractivity contribution >= 4 is 28.6 Å². The van der Waals surface area contributed by atoms with Crippen molar-refractivity contribution in [3.63, 3.8) is 0 Å². The van der Waals surface area contributed by atoms with Gasteiger partial charge in [0, 0.05) is 17.3 Å². The van der Waals surface area contributed by atoms with E-state index in [0.717, 1.165) is 12.1 Å². The Morgan fingerprint density at radius 1 is 1.11 bits per heavy atom. The highest BCUT2D eigenvalue weighted by molar-refractivity contribution is 5.81. The van der Waals surface area contributed by atoms with Crippen molar-refractivity contribution in [2.24, 2.45) is 5.41 Å². The predicted octanol–water partition coefficient (Wildman–Crippen LogP) is 7.04. The second-order valence-corrected chi connectivity index (χ2v) is 9.22. The van der Waals surface area contributed by atoms with Gasteiger partial charge in [0.15, 0.2) is 0 Å². The second-order valence-electron chi connectivity index (χ2n) is 9.22. The van der Waals surface area contributed by atoms with Crippen LogP contribution >= 0.6 is 0 Å². The number of carbonyl (C=O) groups excluding carboxylic acids is 1. The van der Waals surface area contributed by atoms with E-state index < -0.39 is 18.1 Å². The van der Waals surface area contributed by atoms with Crippen molar-refractivity contribution in [3.05, 3.63) is 47.8 Å². The number of aromatic nitrogens is 2. The number of nitrogens with zero attached hydrogens (tertiary/aromatic N) is 1. The molecule has 0 atom stereocenters. The number of nitrogens with one attached hydrogen (secondary N) is 2. The molecule has 6 nitrogen and oxygen atoms in total. The summed E-state index contributed by atoms with van der Waals surface area (Å²) >= 11 is 0. The van der Waals surface area contributed by atoms with Gasteiger partial charge in [-0.1, -0.05) is 33.1 Å². The Kier molecular flexibility index (Phi) is 8.24. The standard InChI is InChI=1S/C17H13F4N3O3.C8H16/c1-26-15(25)7-9-6-13-14(8-12(9)18)24-16(23-13)22-10-2-4-11(5-3-10)27-17(19,20)21;1-8(2)6-4-3-5-7-8/h2-6,8H,7H2,1H3,(H2,22,23,24);3-7H2,1-2H3. The van der Waals surface area contributed by atoms with Gasteiger partial charge in [-0.3, -0.25) is 4.79 Å². The number of carbonyl (C=O) groups is 1. The molecule has 1 fully saturated rings. The third kappa shape index (κ3) is 8.15. The predicted molar refractivity (Wildman–Crippen MR) is 125 cm³/mol. The summed E-state index contributed by atoms with van der Waals surface area (Å²) in [5, 5.41) is 2.86. The van der Waals surface area contributed by atoms with Crippen molar-refractivity contribution in [3.8, 4) is 5.75 Å². The van der Waals surface area contributed by atoms with Crippen molar-refractivity contribution in [2.45, 2.75) is 58.7 Å². The number of rotatable bonds is 5. The van der Waals surface area contributed by atoms with Crippen LogP contribution in [0.4, 0.5) is 29.2 Å². The lowest BCUT2D eigenvalue weighted by atomic mass is 9.78. The van der Waals surface area contributed by atoms with Gasteiger partial charge in [-0.15, -0.1) is 13.2 Å². The average molecular weight is 496 g/mol. The Morgan fingerprint density at radius 3 is 2.31 bits per heavy atom. The Labute approximate surface area is 201 Å². The fourth-order valence-electron chi connectivity index (χ4n) is 3.88. The van der Waals surface area contributed by atoms with E-state index in [1.54, 1.807) is 0 Å². The molecule has 1 saturated carbocycles. The molecule has 2 aromatic carbocycles. The number of H-pyrrole nitrogens is 1. The van der Waals surface area contributed by atoms with E-state index >= 15 is 0 Å². The van der Waals surface area contributed by atoms with E-state index in [-0.39, 0.29) is 23.7 Å². The van der Waals surface area contributed by atoms with Crippen molar-refractivity contribution in [1.29, 1.82) is 0 Å². The fourth-order valence-corrected chi connectivity index (χ4v) is 3.88. The molecule has 3 aromatic rings. The van der Waals surface area contributed by atoms with Gasteiger partial charge in [0.1, 0.15) is 11.6 Å². The fraction of sp³-hybridized carbons (Fsp3) is 0.440. The minimum Gasteiger partial charge on any atom is -0.469 e. The maximum atomic E-state index is 14.0. The Morgan fingerprint density at radius 2 is 1.77 bits per heavy atom. The van der Waals surface area contributed by atoms with Crippen LogP contribution in [0.5, 0.6) is 5.75 Å². The van der Waals surface area contributed by atoms with E-state index in [1.165, 1.54) is 63.5 Å². The molecule has 0 aliphatic heterocycles. The molecule has 0 amide bonds. The van der Waals surface area contributed by atoms with Crippen LogP contribution in [0.3, 0.4) is 0 Å². The molecule has 0 bridgehead atoms. The molecule has 0 spiro atoms. The van der Waals surface area contributed by atoms with E-state index in [9.17, 15) is 22.4 Å². The van der Waals surface area contributed by atoms with E-state index in [1.807, 2.05) is 0 Å². The lowest BCUT2D eigenvalue weighted by Crippen LogP contribution is -2.16. The molecule has 1 aliphatic carbocycles. The first-order valence-electron chi connectivity index (χ1n) is 11.3. The lowest BCUT2D eigenvalue weighted by Gasteiger charge is -2.28. The number of aromatic amines is 1. The summed E-state index contributed by atoms with van der Waals surface area (Å²) in [6.45, 7) is 4.76. The van der Waals surface area contributed by atoms with Gasteiger partial charge >= 0.3 is 12.3 Å². The van der Waals surface area contributed by atoms with Crippen LogP contribution in [0.15, 0.2) is 36.4 Å². The van der Waals surface area contributed by atoms with E-state index in [4.69, 9.17) is 0 Å². The van der Waals surface area contributed by atoms with Gasteiger partial charge in [0.05, 0.1) is 24.6 Å². The lowest BCUT2D eigenvalue weighted by molar-refractivity contribution is -0.274. The SMILES string of the molecule is CC1(C)CCCCC1.COC(=O)Cc1cc2[nH]c(Nc3ccc(OC(F)(F)F)cc3)nc2cc1F. The quantitative estimate of drug-likeness (QED) is 0.293. The summed E-state index contributed by atoms with van der Waals surface area (Å²) in [6, 6.07) is 7.66. The molecular weight excluding hydrogens is 466 g/mol. The smallest absolute Gasteiger partial charge is 0.469 e. The molecule has 1 aromatic heterocycles. The molecular formula is C25H29F4N3O3. The van der Waals surface area contributed by atoms with Crippen molar-refractivity contribution < 1.29 is 31.8 Å². The van der Waals surface area contributed by atoms with Crippen molar-refractivity contribution in [2.75, 3.05) is 12.4 Å². The summed E-state index contributed by atoms with van der Waals surface area (Å²) in [5.41, 5.74) is 2.07. The van der Waals surface area contributed by atoms with Crippen LogP contribution in [0.2, 0.25) is 0 Å². The average Bonchev–Trinajstić information content (AvgIpc) is 3.15. The summed E-state index contributed by atoms with van der Waals surface area (Å²) in [6.07, 6.45) is 2.32. The molecule has 0 unspecified atom stereocenters. The van der Waals surface area contributed by atoms with Crippen LogP contribution in [-0.2, 0) is 16.0 Å². The molecule has 190 valence electrons. The first-order valence-corrected chi connectivity index (χ1v) is 11.3. The van der Waals surface area contributed by atoms with E-state index in [0.29, 0.717) is 22.1 Å². The van der Waals surface area contributed by atoms with Gasteiger partial charge < -0.3 is 19.8 Å². The second kappa shape index (κ2) is 11.0. The third-order valence-electron chi connectivity index (χ3n) is 5.77.